The van der Waals surface area contributed by atoms with Crippen LogP contribution in [0.5, 0.6) is 17.2 Å². The summed E-state index contributed by atoms with van der Waals surface area (Å²) in [5.74, 6) is 2.21. The number of rotatable bonds is 30. The van der Waals surface area contributed by atoms with E-state index in [0.29, 0.717) is 12.2 Å². The van der Waals surface area contributed by atoms with E-state index in [1.54, 1.807) is 7.11 Å². The predicted molar refractivity (Wildman–Crippen MR) is 397 cm³/mol. The van der Waals surface area contributed by atoms with Crippen molar-refractivity contribution >= 4 is 361 Å². The van der Waals surface area contributed by atoms with Crippen LogP contribution in [0.4, 0.5) is 0 Å². The van der Waals surface area contributed by atoms with Crippen LogP contribution in [0.1, 0.15) is 35.6 Å². The van der Waals surface area contributed by atoms with Gasteiger partial charge in [-0.25, -0.2) is 0 Å². The van der Waals surface area contributed by atoms with Crippen molar-refractivity contribution in [3.63, 3.8) is 0 Å². The maximum Gasteiger partial charge on any atom is 0.231 e. The molecule has 0 saturated carbocycles. The molecule has 1 N–H and O–H groups in total. The van der Waals surface area contributed by atoms with E-state index < -0.39 is 153 Å². The first-order chi connectivity index (χ1) is 36.4. The fraction of sp³-hybridized carbons (Fsp3) is 0.455. The third-order valence-corrected chi connectivity index (χ3v) is 16.1. The van der Waals surface area contributed by atoms with Crippen molar-refractivity contribution in [2.75, 3.05) is 27.5 Å². The quantitative estimate of drug-likeness (QED) is 0.0791. The van der Waals surface area contributed by atoms with Gasteiger partial charge in [-0.1, -0.05) is 30.3 Å². The molecule has 5 nitrogen and oxygen atoms in total. The van der Waals surface area contributed by atoms with Gasteiger partial charge in [0, 0.05) is 380 Å². The molecule has 297 valence electrons. The van der Waals surface area contributed by atoms with Crippen molar-refractivity contribution in [3.8, 4) is 17.2 Å². The standard InChI is InChI=1S/C22H27NO4.B51/c1-23-11-10-16-12-19-21(27-14-26-19)22(25-2)20(16)18(23)13-17(24)9-8-15-6-4-3-5-7-15;1-27-40(26)47(41(28(2)3)29(4)5)50(46(38(22)23)39(24)25)51(48(42(30(6)7)31(8)9)43(32(10)11)33(12)13)49(44(34(14)15)35(16)17)45(36(18)19)37(20)21/h3-7,12,17-18,24H,8-11,13-14H2,1-2H3;. The van der Waals surface area contributed by atoms with Crippen LogP contribution in [0.2, 0.25) is 0 Å². The minimum atomic E-state index is -1.36. The van der Waals surface area contributed by atoms with Crippen LogP contribution in [0.3, 0.4) is 0 Å². The molecule has 0 aromatic heterocycles. The van der Waals surface area contributed by atoms with Crippen LogP contribution < -0.4 is 14.2 Å². The largest absolute Gasteiger partial charge is 0.492 e. The zero-order valence-electron chi connectivity index (χ0n) is 45.4. The summed E-state index contributed by atoms with van der Waals surface area (Å²) < 4.78 is 17.0. The van der Waals surface area contributed by atoms with E-state index >= 15 is 0 Å². The van der Waals surface area contributed by atoms with Crippen LogP contribution >= 0.6 is 0 Å². The van der Waals surface area contributed by atoms with Crippen molar-refractivity contribution in [1.29, 1.82) is 0 Å². The Morgan fingerprint density at radius 2 is 0.910 bits per heavy atom. The van der Waals surface area contributed by atoms with E-state index in [2.05, 4.69) is 30.1 Å². The minimum absolute atomic E-state index is 0.101. The number of methoxy groups -OCH3 is 1. The Hall–Kier alpha value is 1.07. The first-order valence-corrected chi connectivity index (χ1v) is 26.3. The molecule has 0 amide bonds. The molecule has 0 bridgehead atoms. The van der Waals surface area contributed by atoms with Crippen LogP contribution in [-0.2, 0) is 12.8 Å². The highest BCUT2D eigenvalue weighted by atomic mass is 16.7. The van der Waals surface area contributed by atoms with Gasteiger partial charge in [-0.3, -0.25) is 4.90 Å². The van der Waals surface area contributed by atoms with Crippen LogP contribution in [-0.4, -0.2) is 405 Å². The van der Waals surface area contributed by atoms with Crippen molar-refractivity contribution in [3.05, 3.63) is 53.1 Å². The summed E-state index contributed by atoms with van der Waals surface area (Å²) in [5.41, 5.74) is 3.62. The number of aliphatic hydroxyl groups excluding tert-OH is 1. The summed E-state index contributed by atoms with van der Waals surface area (Å²) in [4.78, 5) is 2.30. The highest BCUT2D eigenvalue weighted by Crippen LogP contribution is 2.50. The van der Waals surface area contributed by atoms with Gasteiger partial charge in [0.05, 0.1) is 13.2 Å². The normalized spacial score (nSPS) is 13.1. The highest BCUT2D eigenvalue weighted by molar-refractivity contribution is 8.35. The molecular formula is C22H27B51NO4. The molecule has 4 rings (SSSR count). The second-order valence-corrected chi connectivity index (χ2v) is 21.4. The van der Waals surface area contributed by atoms with Gasteiger partial charge in [-0.05, 0) is 49.9 Å². The number of benzene rings is 2. The third-order valence-electron chi connectivity index (χ3n) is 16.1. The summed E-state index contributed by atoms with van der Waals surface area (Å²) >= 11 is 0. The topological polar surface area (TPSA) is 51.2 Å². The van der Waals surface area contributed by atoms with E-state index in [4.69, 9.17) is 215 Å². The van der Waals surface area contributed by atoms with Gasteiger partial charge < -0.3 is 19.3 Å². The molecule has 0 aliphatic carbocycles. The van der Waals surface area contributed by atoms with Crippen molar-refractivity contribution < 1.29 is 19.3 Å². The number of nitrogens with zero attached hydrogens (tertiary/aromatic N) is 1. The van der Waals surface area contributed by atoms with E-state index in [1.165, 1.54) is 11.1 Å². The molecule has 0 spiro atoms. The van der Waals surface area contributed by atoms with Crippen molar-refractivity contribution in [2.24, 2.45) is 0 Å². The molecule has 56 heteroatoms. The van der Waals surface area contributed by atoms with Crippen LogP contribution in [0.25, 0.3) is 0 Å². The summed E-state index contributed by atoms with van der Waals surface area (Å²) in [5, 5.41) is 10.7. The first-order valence-electron chi connectivity index (χ1n) is 26.3. The minimum Gasteiger partial charge on any atom is -0.492 e. The van der Waals surface area contributed by atoms with Crippen LogP contribution in [0.15, 0.2) is 36.4 Å². The van der Waals surface area contributed by atoms with Gasteiger partial charge in [0.25, 0.3) is 0 Å². The predicted octanol–water partition coefficient (Wildman–Crippen LogP) is -16.1. The average Bonchev–Trinajstić information content (AvgIpc) is 3.80. The summed E-state index contributed by atoms with van der Waals surface area (Å²) in [6.45, 7) is 1.18. The molecular weight excluding hydrogens is 894 g/mol. The lowest BCUT2D eigenvalue weighted by molar-refractivity contribution is 0.101. The Balaban J connectivity index is 0.000000488. The number of likely N-dealkylation sites (N-methyl/N-ethyl adjacent to an activating group) is 1. The Bertz CT molecular complexity index is 1890. The third kappa shape index (κ3) is 19.0. The van der Waals surface area contributed by atoms with Gasteiger partial charge in [0.15, 0.2) is 11.5 Å². The van der Waals surface area contributed by atoms with Crippen molar-refractivity contribution in [1.82, 2.24) is 4.90 Å². The molecule has 0 saturated heterocycles. The molecule has 2 aromatic carbocycles. The molecule has 2 aliphatic rings. The fourth-order valence-corrected chi connectivity index (χ4v) is 12.8. The Morgan fingerprint density at radius 3 is 1.27 bits per heavy atom. The zero-order chi connectivity index (χ0) is 59.4. The molecule has 0 fully saturated rings. The number of hydrogen-bond donors (Lipinski definition) is 1. The average molecular weight is 921 g/mol. The molecule has 2 heterocycles. The summed E-state index contributed by atoms with van der Waals surface area (Å²) in [7, 11) is 172. The van der Waals surface area contributed by atoms with Gasteiger partial charge >= 0.3 is 0 Å². The number of fused-ring (bicyclic) bond motifs is 2. The monoisotopic (exact) mass is 931 g/mol. The highest BCUT2D eigenvalue weighted by Gasteiger charge is 2.60. The molecule has 2 aromatic rings. The maximum atomic E-state index is 10.7. The van der Waals surface area contributed by atoms with Gasteiger partial charge in [0.2, 0.25) is 12.5 Å². The molecule has 2 atom stereocenters. The Labute approximate surface area is 517 Å². The Morgan fingerprint density at radius 1 is 0.551 bits per heavy atom. The van der Waals surface area contributed by atoms with Gasteiger partial charge in [-0.2, -0.15) is 0 Å². The van der Waals surface area contributed by atoms with E-state index in [1.807, 2.05) is 18.2 Å². The number of hydrogen-bond acceptors (Lipinski definition) is 5. The second-order valence-electron chi connectivity index (χ2n) is 21.4. The molecule has 78 heavy (non-hydrogen) atoms. The lowest BCUT2D eigenvalue weighted by atomic mass is 8.24. The lowest BCUT2D eigenvalue weighted by Crippen LogP contribution is -2.95. The second kappa shape index (κ2) is 34.4. The van der Waals surface area contributed by atoms with Gasteiger partial charge in [0.1, 0.15) is 0 Å². The summed E-state index contributed by atoms with van der Waals surface area (Å²) in [6, 6.07) is 12.5. The SMILES string of the molecule is COc1c2c(cc3c1C(CC(O)CCc1ccccc1)N(C)CC3)OCO2.[B][B]B([B])B(B(B([B])[B])B([B])[B])B(B(B([B])[B])B([B])[B])B(B(B(B([B])[B])B([B])[B])B(B([B])[B])B([B])[B])B(B(B([B])[B])B([B])[B])B(B([B])[B])B([B])[B]. The summed E-state index contributed by atoms with van der Waals surface area (Å²) in [6.07, 6.45) is -27.8. The lowest BCUT2D eigenvalue weighted by Gasteiger charge is -2.57. The molecule has 2 aliphatic heterocycles. The molecule has 2 unspecified atom stereocenters. The fourth-order valence-electron chi connectivity index (χ4n) is 12.8. The smallest absolute Gasteiger partial charge is 0.231 e. The van der Waals surface area contributed by atoms with E-state index in [-0.39, 0.29) is 18.9 Å². The van der Waals surface area contributed by atoms with Crippen molar-refractivity contribution in [2.45, 2.75) is 37.8 Å². The Kier molecular flexibility index (Phi) is 32.4. The maximum absolute atomic E-state index is 10.7. The van der Waals surface area contributed by atoms with E-state index in [0.717, 1.165) is 49.9 Å². The number of aliphatic hydroxyl groups is 1. The zero-order valence-corrected chi connectivity index (χ0v) is 45.4. The number of ether oxygens (including phenoxy) is 3. The number of aryl methyl sites for hydroxylation is 1. The first kappa shape index (κ1) is 73.3. The molecule has 53 radical (unpaired) electrons. The van der Waals surface area contributed by atoms with Gasteiger partial charge in [-0.15, -0.1) is 0 Å². The van der Waals surface area contributed by atoms with E-state index in [9.17, 15) is 5.11 Å². The van der Waals surface area contributed by atoms with Crippen LogP contribution in [0, 0.1) is 0 Å².